The first-order chi connectivity index (χ1) is 14.5. The number of benzene rings is 4. The van der Waals surface area contributed by atoms with Gasteiger partial charge in [0.2, 0.25) is 0 Å². The summed E-state index contributed by atoms with van der Waals surface area (Å²) < 4.78 is 0. The summed E-state index contributed by atoms with van der Waals surface area (Å²) in [5.74, 6) is 0. The van der Waals surface area contributed by atoms with Crippen LogP contribution in [0.4, 0.5) is 0 Å². The van der Waals surface area contributed by atoms with Crippen LogP contribution in [0.15, 0.2) is 97.6 Å². The Balaban J connectivity index is 1.70. The van der Waals surface area contributed by atoms with Gasteiger partial charge in [0, 0.05) is 0 Å². The molecular formula is C29H26O. The summed E-state index contributed by atoms with van der Waals surface area (Å²) >= 11 is 0. The molecule has 1 heteroatoms. The minimum Gasteiger partial charge on any atom is -0.384 e. The van der Waals surface area contributed by atoms with Crippen LogP contribution < -0.4 is 0 Å². The van der Waals surface area contributed by atoms with E-state index in [0.29, 0.717) is 6.42 Å². The van der Waals surface area contributed by atoms with Crippen LogP contribution in [0.5, 0.6) is 0 Å². The van der Waals surface area contributed by atoms with Crippen molar-refractivity contribution in [3.05, 3.63) is 120 Å². The first kappa shape index (κ1) is 18.8. The van der Waals surface area contributed by atoms with Crippen molar-refractivity contribution >= 4 is 10.8 Å². The Morgan fingerprint density at radius 1 is 0.800 bits per heavy atom. The summed E-state index contributed by atoms with van der Waals surface area (Å²) in [4.78, 5) is 0. The van der Waals surface area contributed by atoms with Gasteiger partial charge in [0.1, 0.15) is 5.60 Å². The molecule has 4 aromatic carbocycles. The van der Waals surface area contributed by atoms with Crippen LogP contribution >= 0.6 is 0 Å². The van der Waals surface area contributed by atoms with Crippen molar-refractivity contribution in [2.24, 2.45) is 0 Å². The highest BCUT2D eigenvalue weighted by atomic mass is 16.3. The Kier molecular flexibility index (Phi) is 4.20. The molecule has 0 heterocycles. The van der Waals surface area contributed by atoms with E-state index in [4.69, 9.17) is 0 Å². The molecule has 0 aromatic heterocycles. The van der Waals surface area contributed by atoms with Crippen LogP contribution in [0.3, 0.4) is 0 Å². The summed E-state index contributed by atoms with van der Waals surface area (Å²) in [6.45, 7) is 8.23. The van der Waals surface area contributed by atoms with E-state index in [1.54, 1.807) is 0 Å². The van der Waals surface area contributed by atoms with E-state index in [1.807, 2.05) is 12.1 Å². The van der Waals surface area contributed by atoms with Crippen LogP contribution in [0.25, 0.3) is 21.9 Å². The summed E-state index contributed by atoms with van der Waals surface area (Å²) in [5, 5.41) is 14.5. The summed E-state index contributed by atoms with van der Waals surface area (Å²) in [7, 11) is 0. The van der Waals surface area contributed by atoms with Crippen molar-refractivity contribution in [1.82, 2.24) is 0 Å². The largest absolute Gasteiger partial charge is 0.384 e. The van der Waals surface area contributed by atoms with Gasteiger partial charge in [-0.1, -0.05) is 96.6 Å². The Morgan fingerprint density at radius 2 is 1.37 bits per heavy atom. The van der Waals surface area contributed by atoms with Gasteiger partial charge >= 0.3 is 0 Å². The van der Waals surface area contributed by atoms with Gasteiger partial charge < -0.3 is 5.11 Å². The maximum Gasteiger partial charge on any atom is 0.107 e. The van der Waals surface area contributed by atoms with Crippen LogP contribution in [-0.2, 0) is 11.0 Å². The summed E-state index contributed by atoms with van der Waals surface area (Å²) in [6, 6.07) is 29.9. The minimum absolute atomic E-state index is 0.497. The molecule has 1 aliphatic carbocycles. The van der Waals surface area contributed by atoms with E-state index in [1.165, 1.54) is 33.0 Å². The van der Waals surface area contributed by atoms with Gasteiger partial charge in [-0.05, 0) is 58.9 Å². The van der Waals surface area contributed by atoms with Crippen molar-refractivity contribution in [1.29, 1.82) is 0 Å². The lowest BCUT2D eigenvalue weighted by Crippen LogP contribution is -2.44. The Labute approximate surface area is 178 Å². The number of aryl methyl sites for hydroxylation is 1. The van der Waals surface area contributed by atoms with Crippen LogP contribution in [0, 0.1) is 6.92 Å². The van der Waals surface area contributed by atoms with Gasteiger partial charge in [0.05, 0.1) is 5.41 Å². The highest BCUT2D eigenvalue weighted by molar-refractivity contribution is 5.94. The maximum atomic E-state index is 12.1. The predicted octanol–water partition coefficient (Wildman–Crippen LogP) is 6.90. The standard InChI is InChI=1S/C29H26O/c1-4-19-29(30)26-10-6-8-23-7-5-9-25(27(23)26)28(29,3)24-17-15-22(16-18-24)21-13-11-20(2)12-14-21/h4-18,30H,1,19H2,2-3H3. The molecular weight excluding hydrogens is 364 g/mol. The number of hydrogen-bond donors (Lipinski definition) is 1. The third-order valence-electron chi connectivity index (χ3n) is 7.00. The molecule has 2 unspecified atom stereocenters. The monoisotopic (exact) mass is 390 g/mol. The van der Waals surface area contributed by atoms with Crippen LogP contribution in [0.1, 0.15) is 35.6 Å². The Morgan fingerprint density at radius 3 is 1.97 bits per heavy atom. The summed E-state index contributed by atoms with van der Waals surface area (Å²) in [5.41, 5.74) is 5.35. The molecule has 148 valence electrons. The second kappa shape index (κ2) is 6.68. The quantitative estimate of drug-likeness (QED) is 0.376. The zero-order chi connectivity index (χ0) is 20.9. The van der Waals surface area contributed by atoms with E-state index >= 15 is 0 Å². The average Bonchev–Trinajstić information content (AvgIpc) is 2.97. The SMILES string of the molecule is C=CCC1(O)c2cccc3cccc(c23)C1(C)c1ccc(-c2ccc(C)cc2)cc1. The lowest BCUT2D eigenvalue weighted by Gasteiger charge is -2.41. The fraction of sp³-hybridized carbons (Fsp3) is 0.172. The van der Waals surface area contributed by atoms with Crippen molar-refractivity contribution in [3.63, 3.8) is 0 Å². The van der Waals surface area contributed by atoms with Crippen molar-refractivity contribution < 1.29 is 5.11 Å². The predicted molar refractivity (Wildman–Crippen MR) is 126 cm³/mol. The molecule has 4 aromatic rings. The molecule has 30 heavy (non-hydrogen) atoms. The van der Waals surface area contributed by atoms with Gasteiger partial charge in [-0.2, -0.15) is 0 Å². The third-order valence-corrected chi connectivity index (χ3v) is 7.00. The first-order valence-corrected chi connectivity index (χ1v) is 10.5. The van der Waals surface area contributed by atoms with Crippen molar-refractivity contribution in [2.45, 2.75) is 31.3 Å². The smallest absolute Gasteiger partial charge is 0.107 e. The Hall–Kier alpha value is -3.16. The second-order valence-corrected chi connectivity index (χ2v) is 8.63. The maximum absolute atomic E-state index is 12.1. The van der Waals surface area contributed by atoms with Gasteiger partial charge in [-0.15, -0.1) is 6.58 Å². The van der Waals surface area contributed by atoms with E-state index in [9.17, 15) is 5.11 Å². The molecule has 0 spiro atoms. The molecule has 1 nitrogen and oxygen atoms in total. The second-order valence-electron chi connectivity index (χ2n) is 8.63. The summed E-state index contributed by atoms with van der Waals surface area (Å²) in [6.07, 6.45) is 2.33. The molecule has 0 aliphatic heterocycles. The molecule has 2 atom stereocenters. The fourth-order valence-electron chi connectivity index (χ4n) is 5.25. The molecule has 1 aliphatic rings. The van der Waals surface area contributed by atoms with E-state index < -0.39 is 11.0 Å². The molecule has 0 bridgehead atoms. The van der Waals surface area contributed by atoms with Gasteiger partial charge in [0.15, 0.2) is 0 Å². The molecule has 5 rings (SSSR count). The lowest BCUT2D eigenvalue weighted by molar-refractivity contribution is -0.0115. The molecule has 0 saturated heterocycles. The Bertz CT molecular complexity index is 1240. The average molecular weight is 391 g/mol. The van der Waals surface area contributed by atoms with E-state index in [2.05, 4.69) is 99.3 Å². The highest BCUT2D eigenvalue weighted by Gasteiger charge is 2.55. The van der Waals surface area contributed by atoms with Gasteiger partial charge in [-0.3, -0.25) is 0 Å². The third kappa shape index (κ3) is 2.45. The number of rotatable bonds is 4. The highest BCUT2D eigenvalue weighted by Crippen LogP contribution is 2.58. The molecule has 0 saturated carbocycles. The normalized spacial score (nSPS) is 22.4. The van der Waals surface area contributed by atoms with Gasteiger partial charge in [-0.25, -0.2) is 0 Å². The molecule has 0 radical (unpaired) electrons. The lowest BCUT2D eigenvalue weighted by atomic mass is 9.65. The topological polar surface area (TPSA) is 20.2 Å². The zero-order valence-electron chi connectivity index (χ0n) is 17.5. The van der Waals surface area contributed by atoms with Crippen LogP contribution in [-0.4, -0.2) is 5.11 Å². The van der Waals surface area contributed by atoms with Crippen LogP contribution in [0.2, 0.25) is 0 Å². The molecule has 1 N–H and O–H groups in total. The first-order valence-electron chi connectivity index (χ1n) is 10.5. The van der Waals surface area contributed by atoms with E-state index in [-0.39, 0.29) is 0 Å². The fourth-order valence-corrected chi connectivity index (χ4v) is 5.25. The number of hydrogen-bond acceptors (Lipinski definition) is 1. The van der Waals surface area contributed by atoms with Gasteiger partial charge in [0.25, 0.3) is 0 Å². The molecule has 0 fully saturated rings. The minimum atomic E-state index is -1.04. The zero-order valence-corrected chi connectivity index (χ0v) is 17.5. The van der Waals surface area contributed by atoms with Crippen molar-refractivity contribution in [2.75, 3.05) is 0 Å². The molecule has 0 amide bonds. The van der Waals surface area contributed by atoms with E-state index in [0.717, 1.165) is 11.1 Å². The van der Waals surface area contributed by atoms with Crippen molar-refractivity contribution in [3.8, 4) is 11.1 Å². The number of aliphatic hydroxyl groups is 1.